The third kappa shape index (κ3) is 4.06. The van der Waals surface area contributed by atoms with Gasteiger partial charge in [-0.25, -0.2) is 0 Å². The number of para-hydroxylation sites is 1. The average molecular weight is 370 g/mol. The average Bonchev–Trinajstić information content (AvgIpc) is 2.50. The van der Waals surface area contributed by atoms with E-state index in [1.807, 2.05) is 6.07 Å². The Bertz CT molecular complexity index is 643. The van der Waals surface area contributed by atoms with Crippen LogP contribution in [0.3, 0.4) is 0 Å². The molecule has 0 saturated heterocycles. The van der Waals surface area contributed by atoms with Crippen molar-refractivity contribution in [3.63, 3.8) is 0 Å². The number of benzene rings is 2. The highest BCUT2D eigenvalue weighted by atomic mass is 79.9. The summed E-state index contributed by atoms with van der Waals surface area (Å²) in [6.07, 6.45) is 0. The third-order valence-electron chi connectivity index (χ3n) is 2.86. The molecule has 5 heteroatoms. The summed E-state index contributed by atoms with van der Waals surface area (Å²) in [7, 11) is 1.60. The lowest BCUT2D eigenvalue weighted by molar-refractivity contribution is 0.103. The number of ketones is 1. The quantitative estimate of drug-likeness (QED) is 0.560. The first-order valence-corrected chi connectivity index (χ1v) is 7.51. The molecule has 0 aliphatic carbocycles. The van der Waals surface area contributed by atoms with Crippen LogP contribution in [0.1, 0.15) is 15.9 Å². The minimum absolute atomic E-state index is 0.127. The van der Waals surface area contributed by atoms with Crippen molar-refractivity contribution in [3.8, 4) is 5.75 Å². The zero-order chi connectivity index (χ0) is 15.2. The molecule has 0 aliphatic rings. The summed E-state index contributed by atoms with van der Waals surface area (Å²) in [6, 6.07) is 12.3. The molecule has 0 saturated carbocycles. The van der Waals surface area contributed by atoms with Crippen LogP contribution in [-0.4, -0.2) is 26.1 Å². The van der Waals surface area contributed by atoms with Gasteiger partial charge in [0.25, 0.3) is 0 Å². The van der Waals surface area contributed by atoms with Crippen LogP contribution >= 0.6 is 27.5 Å². The summed E-state index contributed by atoms with van der Waals surface area (Å²) in [5.41, 5.74) is 1.03. The van der Waals surface area contributed by atoms with Gasteiger partial charge in [-0.15, -0.1) is 0 Å². The molecule has 110 valence electrons. The van der Waals surface area contributed by atoms with Crippen LogP contribution in [0.4, 0.5) is 0 Å². The van der Waals surface area contributed by atoms with Gasteiger partial charge in [-0.05, 0) is 46.3 Å². The smallest absolute Gasteiger partial charge is 0.196 e. The van der Waals surface area contributed by atoms with Gasteiger partial charge in [0.2, 0.25) is 0 Å². The fourth-order valence-electron chi connectivity index (χ4n) is 1.81. The topological polar surface area (TPSA) is 35.5 Å². The second-order valence-corrected chi connectivity index (χ2v) is 5.56. The molecule has 0 bridgehead atoms. The van der Waals surface area contributed by atoms with E-state index in [4.69, 9.17) is 21.1 Å². The van der Waals surface area contributed by atoms with Crippen LogP contribution in [0.5, 0.6) is 5.75 Å². The molecule has 0 atom stereocenters. The first-order valence-electron chi connectivity index (χ1n) is 6.34. The number of halogens is 2. The lowest BCUT2D eigenvalue weighted by Crippen LogP contribution is -2.09. The second kappa shape index (κ2) is 7.59. The van der Waals surface area contributed by atoms with Crippen molar-refractivity contribution < 1.29 is 14.3 Å². The van der Waals surface area contributed by atoms with Crippen molar-refractivity contribution in [2.45, 2.75) is 0 Å². The minimum Gasteiger partial charge on any atom is -0.490 e. The van der Waals surface area contributed by atoms with E-state index in [0.717, 1.165) is 4.47 Å². The number of hydrogen-bond acceptors (Lipinski definition) is 3. The van der Waals surface area contributed by atoms with E-state index in [9.17, 15) is 4.79 Å². The monoisotopic (exact) mass is 368 g/mol. The van der Waals surface area contributed by atoms with Crippen molar-refractivity contribution in [2.24, 2.45) is 0 Å². The Morgan fingerprint density at radius 1 is 1.19 bits per heavy atom. The van der Waals surface area contributed by atoms with E-state index in [-0.39, 0.29) is 5.78 Å². The molecule has 0 unspecified atom stereocenters. The van der Waals surface area contributed by atoms with Crippen molar-refractivity contribution in [2.75, 3.05) is 20.3 Å². The summed E-state index contributed by atoms with van der Waals surface area (Å²) >= 11 is 9.35. The van der Waals surface area contributed by atoms with Crippen LogP contribution in [0, 0.1) is 0 Å². The zero-order valence-corrected chi connectivity index (χ0v) is 13.8. The minimum atomic E-state index is -0.127. The van der Waals surface area contributed by atoms with Gasteiger partial charge in [0.05, 0.1) is 17.2 Å². The predicted molar refractivity (Wildman–Crippen MR) is 86.4 cm³/mol. The van der Waals surface area contributed by atoms with E-state index >= 15 is 0 Å². The maximum atomic E-state index is 12.6. The maximum Gasteiger partial charge on any atom is 0.196 e. The predicted octanol–water partition coefficient (Wildman–Crippen LogP) is 4.36. The molecule has 21 heavy (non-hydrogen) atoms. The van der Waals surface area contributed by atoms with E-state index in [0.29, 0.717) is 35.1 Å². The number of carbonyl (C=O) groups is 1. The summed E-state index contributed by atoms with van der Waals surface area (Å²) < 4.78 is 11.3. The van der Waals surface area contributed by atoms with Gasteiger partial charge in [0.15, 0.2) is 5.78 Å². The maximum absolute atomic E-state index is 12.6. The molecular formula is C16H14BrClO3. The number of rotatable bonds is 6. The summed E-state index contributed by atoms with van der Waals surface area (Å²) in [5.74, 6) is 0.413. The molecule has 0 spiro atoms. The molecular weight excluding hydrogens is 356 g/mol. The first-order chi connectivity index (χ1) is 10.1. The van der Waals surface area contributed by atoms with Crippen LogP contribution < -0.4 is 4.74 Å². The van der Waals surface area contributed by atoms with Gasteiger partial charge in [0.1, 0.15) is 12.4 Å². The highest BCUT2D eigenvalue weighted by Crippen LogP contribution is 2.27. The third-order valence-corrected chi connectivity index (χ3v) is 4.09. The lowest BCUT2D eigenvalue weighted by atomic mass is 10.0. The van der Waals surface area contributed by atoms with Gasteiger partial charge in [0, 0.05) is 17.1 Å². The van der Waals surface area contributed by atoms with Gasteiger partial charge in [-0.1, -0.05) is 23.7 Å². The second-order valence-electron chi connectivity index (χ2n) is 4.30. The normalized spacial score (nSPS) is 10.4. The number of ether oxygens (including phenoxy) is 2. The highest BCUT2D eigenvalue weighted by molar-refractivity contribution is 9.10. The molecule has 0 aromatic heterocycles. The Morgan fingerprint density at radius 3 is 2.67 bits per heavy atom. The number of hydrogen-bond donors (Lipinski definition) is 0. The fraction of sp³-hybridized carbons (Fsp3) is 0.188. The lowest BCUT2D eigenvalue weighted by Gasteiger charge is -2.10. The number of methoxy groups -OCH3 is 1. The Kier molecular flexibility index (Phi) is 5.79. The van der Waals surface area contributed by atoms with Crippen LogP contribution in [0.15, 0.2) is 46.9 Å². The number of carbonyl (C=O) groups excluding carboxylic acids is 1. The Morgan fingerprint density at radius 2 is 1.95 bits per heavy atom. The Labute approximate surface area is 137 Å². The van der Waals surface area contributed by atoms with Crippen LogP contribution in [-0.2, 0) is 4.74 Å². The summed E-state index contributed by atoms with van der Waals surface area (Å²) in [4.78, 5) is 12.6. The molecule has 0 N–H and O–H groups in total. The fourth-order valence-corrected chi connectivity index (χ4v) is 2.24. The van der Waals surface area contributed by atoms with Crippen LogP contribution in [0.2, 0.25) is 5.02 Å². The zero-order valence-electron chi connectivity index (χ0n) is 11.4. The summed E-state index contributed by atoms with van der Waals surface area (Å²) in [6.45, 7) is 0.856. The standard InChI is InChI=1S/C16H14BrClO3/c1-20-8-9-21-15-5-3-2-4-12(15)16(19)11-6-7-13(17)14(18)10-11/h2-7,10H,8-9H2,1H3. The molecule has 0 aliphatic heterocycles. The molecule has 2 aromatic rings. The SMILES string of the molecule is COCCOc1ccccc1C(=O)c1ccc(Br)c(Cl)c1. The van der Waals surface area contributed by atoms with Gasteiger partial charge in [-0.2, -0.15) is 0 Å². The van der Waals surface area contributed by atoms with E-state index < -0.39 is 0 Å². The van der Waals surface area contributed by atoms with Gasteiger partial charge < -0.3 is 9.47 Å². The molecule has 0 radical (unpaired) electrons. The highest BCUT2D eigenvalue weighted by Gasteiger charge is 2.15. The van der Waals surface area contributed by atoms with E-state index in [1.165, 1.54) is 0 Å². The van der Waals surface area contributed by atoms with Crippen molar-refractivity contribution >= 4 is 33.3 Å². The molecule has 0 amide bonds. The van der Waals surface area contributed by atoms with E-state index in [2.05, 4.69) is 15.9 Å². The van der Waals surface area contributed by atoms with Crippen molar-refractivity contribution in [1.29, 1.82) is 0 Å². The van der Waals surface area contributed by atoms with Gasteiger partial charge >= 0.3 is 0 Å². The molecule has 0 fully saturated rings. The Hall–Kier alpha value is -1.36. The first kappa shape index (κ1) is 16.0. The molecule has 0 heterocycles. The largest absolute Gasteiger partial charge is 0.490 e. The molecule has 2 rings (SSSR count). The Balaban J connectivity index is 2.27. The van der Waals surface area contributed by atoms with Gasteiger partial charge in [-0.3, -0.25) is 4.79 Å². The van der Waals surface area contributed by atoms with Crippen molar-refractivity contribution in [1.82, 2.24) is 0 Å². The van der Waals surface area contributed by atoms with Crippen molar-refractivity contribution in [3.05, 3.63) is 63.1 Å². The van der Waals surface area contributed by atoms with E-state index in [1.54, 1.807) is 43.5 Å². The van der Waals surface area contributed by atoms with Crippen LogP contribution in [0.25, 0.3) is 0 Å². The summed E-state index contributed by atoms with van der Waals surface area (Å²) in [5, 5.41) is 0.499. The molecule has 2 aromatic carbocycles. The molecule has 3 nitrogen and oxygen atoms in total.